The third-order valence-corrected chi connectivity index (χ3v) is 7.45. The number of carbonyl (C=O) groups excluding carboxylic acids is 3. The standard InChI is InChI=1S/C27H20BrCl2NO6S/c1-3-36-22-11-15(10-20(28)24(22)37-26(33)16-5-8-19(35-2)9-6-16)12-23-25(32)31(27(34)38-23)14-17-4-7-18(29)13-21(17)30/h4-13H,3,14H2,1-2H3/b23-12-. The second kappa shape index (κ2) is 12.3. The minimum atomic E-state index is -0.580. The molecule has 3 aromatic carbocycles. The number of hydrogen-bond acceptors (Lipinski definition) is 7. The Labute approximate surface area is 241 Å². The van der Waals surface area contributed by atoms with E-state index in [0.29, 0.717) is 49.3 Å². The molecule has 0 saturated carbocycles. The minimum absolute atomic E-state index is 0.0200. The van der Waals surface area contributed by atoms with Gasteiger partial charge in [-0.25, -0.2) is 4.79 Å². The van der Waals surface area contributed by atoms with Crippen LogP contribution in [0.3, 0.4) is 0 Å². The highest BCUT2D eigenvalue weighted by Gasteiger charge is 2.35. The molecule has 1 saturated heterocycles. The van der Waals surface area contributed by atoms with Gasteiger partial charge in [-0.2, -0.15) is 0 Å². The van der Waals surface area contributed by atoms with Crippen LogP contribution in [-0.4, -0.2) is 35.7 Å². The lowest BCUT2D eigenvalue weighted by atomic mass is 10.1. The molecule has 1 fully saturated rings. The average Bonchev–Trinajstić information content (AvgIpc) is 3.14. The van der Waals surface area contributed by atoms with Crippen molar-refractivity contribution in [2.45, 2.75) is 13.5 Å². The fraction of sp³-hybridized carbons (Fsp3) is 0.148. The smallest absolute Gasteiger partial charge is 0.343 e. The van der Waals surface area contributed by atoms with E-state index < -0.39 is 17.1 Å². The highest BCUT2D eigenvalue weighted by Crippen LogP contribution is 2.40. The van der Waals surface area contributed by atoms with Gasteiger partial charge >= 0.3 is 5.97 Å². The fourth-order valence-corrected chi connectivity index (χ4v) is 5.37. The Bertz CT molecular complexity index is 1440. The summed E-state index contributed by atoms with van der Waals surface area (Å²) in [5.74, 6) is 0.0689. The maximum atomic E-state index is 13.0. The molecule has 7 nitrogen and oxygen atoms in total. The summed E-state index contributed by atoms with van der Waals surface area (Å²) in [4.78, 5) is 39.7. The molecule has 0 atom stereocenters. The molecule has 196 valence electrons. The zero-order valence-electron chi connectivity index (χ0n) is 20.1. The summed E-state index contributed by atoms with van der Waals surface area (Å²) in [5, 5.41) is 0.411. The number of thioether (sulfide) groups is 1. The summed E-state index contributed by atoms with van der Waals surface area (Å²) in [7, 11) is 1.54. The molecule has 0 spiro atoms. The zero-order valence-corrected chi connectivity index (χ0v) is 24.0. The van der Waals surface area contributed by atoms with E-state index in [1.54, 1.807) is 67.6 Å². The van der Waals surface area contributed by atoms with Gasteiger partial charge in [0.2, 0.25) is 0 Å². The predicted molar refractivity (Wildman–Crippen MR) is 151 cm³/mol. The highest BCUT2D eigenvalue weighted by molar-refractivity contribution is 9.10. The number of ether oxygens (including phenoxy) is 3. The molecule has 1 heterocycles. The maximum Gasteiger partial charge on any atom is 0.343 e. The van der Waals surface area contributed by atoms with Crippen LogP contribution < -0.4 is 14.2 Å². The van der Waals surface area contributed by atoms with Crippen LogP contribution in [-0.2, 0) is 11.3 Å². The summed E-state index contributed by atoms with van der Waals surface area (Å²) in [5.41, 5.74) is 1.50. The topological polar surface area (TPSA) is 82.1 Å². The molecule has 1 aliphatic rings. The summed E-state index contributed by atoms with van der Waals surface area (Å²) in [6.45, 7) is 2.12. The molecule has 0 unspecified atom stereocenters. The second-order valence-electron chi connectivity index (χ2n) is 7.88. The van der Waals surface area contributed by atoms with Gasteiger partial charge in [0.15, 0.2) is 11.5 Å². The fourth-order valence-electron chi connectivity index (χ4n) is 3.52. The number of benzene rings is 3. The minimum Gasteiger partial charge on any atom is -0.497 e. The van der Waals surface area contributed by atoms with Gasteiger partial charge in [0, 0.05) is 10.0 Å². The summed E-state index contributed by atoms with van der Waals surface area (Å²) in [6, 6.07) is 14.7. The molecule has 3 aromatic rings. The van der Waals surface area contributed by atoms with E-state index >= 15 is 0 Å². The number of esters is 1. The SMILES string of the molecule is CCOc1cc(/C=C2\SC(=O)N(Cc3ccc(Cl)cc3Cl)C2=O)cc(Br)c1OC(=O)c1ccc(OC)cc1. The van der Waals surface area contributed by atoms with E-state index in [1.807, 2.05) is 0 Å². The van der Waals surface area contributed by atoms with Gasteiger partial charge in [-0.05, 0) is 100 Å². The number of carbonyl (C=O) groups is 3. The largest absolute Gasteiger partial charge is 0.497 e. The third kappa shape index (κ3) is 6.35. The Balaban J connectivity index is 1.57. The molecule has 2 amide bonds. The number of methoxy groups -OCH3 is 1. The van der Waals surface area contributed by atoms with E-state index in [-0.39, 0.29) is 17.2 Å². The van der Waals surface area contributed by atoms with E-state index in [2.05, 4.69) is 15.9 Å². The number of hydrogen-bond donors (Lipinski definition) is 0. The molecule has 4 rings (SSSR count). The molecular formula is C27H20BrCl2NO6S. The Morgan fingerprint density at radius 3 is 2.47 bits per heavy atom. The van der Waals surface area contributed by atoms with Crippen LogP contribution in [0.4, 0.5) is 4.79 Å². The van der Waals surface area contributed by atoms with Crippen molar-refractivity contribution in [3.8, 4) is 17.2 Å². The summed E-state index contributed by atoms with van der Waals surface area (Å²) >= 11 is 16.4. The first-order valence-electron chi connectivity index (χ1n) is 11.2. The lowest BCUT2D eigenvalue weighted by Crippen LogP contribution is -2.27. The van der Waals surface area contributed by atoms with Crippen LogP contribution >= 0.6 is 50.9 Å². The van der Waals surface area contributed by atoms with Crippen molar-refractivity contribution >= 4 is 74.1 Å². The number of amides is 2. The number of rotatable bonds is 8. The average molecular weight is 637 g/mol. The van der Waals surface area contributed by atoms with Gasteiger partial charge in [-0.3, -0.25) is 14.5 Å². The molecule has 11 heteroatoms. The Morgan fingerprint density at radius 1 is 1.08 bits per heavy atom. The van der Waals surface area contributed by atoms with Crippen LogP contribution in [0.2, 0.25) is 10.0 Å². The summed E-state index contributed by atoms with van der Waals surface area (Å²) < 4.78 is 16.9. The quantitative estimate of drug-likeness (QED) is 0.143. The molecule has 0 radical (unpaired) electrons. The molecule has 38 heavy (non-hydrogen) atoms. The highest BCUT2D eigenvalue weighted by atomic mass is 79.9. The normalized spacial score (nSPS) is 14.2. The van der Waals surface area contributed by atoms with Gasteiger partial charge in [0.25, 0.3) is 11.1 Å². The monoisotopic (exact) mass is 635 g/mol. The van der Waals surface area contributed by atoms with Crippen LogP contribution in [0.25, 0.3) is 6.08 Å². The number of halogens is 3. The van der Waals surface area contributed by atoms with Crippen molar-refractivity contribution in [1.82, 2.24) is 4.90 Å². The zero-order chi connectivity index (χ0) is 27.4. The number of nitrogens with zero attached hydrogens (tertiary/aromatic N) is 1. The van der Waals surface area contributed by atoms with Gasteiger partial charge in [0.1, 0.15) is 5.75 Å². The van der Waals surface area contributed by atoms with Gasteiger partial charge in [-0.15, -0.1) is 0 Å². The van der Waals surface area contributed by atoms with E-state index in [9.17, 15) is 14.4 Å². The lowest BCUT2D eigenvalue weighted by Gasteiger charge is -2.14. The van der Waals surface area contributed by atoms with Crippen LogP contribution in [0, 0.1) is 0 Å². The van der Waals surface area contributed by atoms with Crippen molar-refractivity contribution in [2.24, 2.45) is 0 Å². The van der Waals surface area contributed by atoms with Gasteiger partial charge in [-0.1, -0.05) is 29.3 Å². The maximum absolute atomic E-state index is 13.0. The van der Waals surface area contributed by atoms with Crippen molar-refractivity contribution < 1.29 is 28.6 Å². The number of imide groups is 1. The molecule has 0 N–H and O–H groups in total. The predicted octanol–water partition coefficient (Wildman–Crippen LogP) is 7.62. The molecule has 0 aromatic heterocycles. The Kier molecular flexibility index (Phi) is 9.04. The van der Waals surface area contributed by atoms with E-state index in [1.165, 1.54) is 7.11 Å². The van der Waals surface area contributed by atoms with Crippen LogP contribution in [0.15, 0.2) is 64.0 Å². The van der Waals surface area contributed by atoms with E-state index in [0.717, 1.165) is 16.7 Å². The van der Waals surface area contributed by atoms with Crippen molar-refractivity contribution in [2.75, 3.05) is 13.7 Å². The first kappa shape index (κ1) is 28.0. The van der Waals surface area contributed by atoms with Crippen molar-refractivity contribution in [3.05, 3.63) is 90.7 Å². The molecule has 0 aliphatic carbocycles. The van der Waals surface area contributed by atoms with E-state index in [4.69, 9.17) is 37.4 Å². The van der Waals surface area contributed by atoms with Crippen molar-refractivity contribution in [1.29, 1.82) is 0 Å². The molecule has 0 bridgehead atoms. The molecule has 1 aliphatic heterocycles. The van der Waals surface area contributed by atoms with Gasteiger partial charge < -0.3 is 14.2 Å². The van der Waals surface area contributed by atoms with Crippen LogP contribution in [0.5, 0.6) is 17.2 Å². The molecular weight excluding hydrogens is 617 g/mol. The Morgan fingerprint density at radius 2 is 1.82 bits per heavy atom. The summed E-state index contributed by atoms with van der Waals surface area (Å²) in [6.07, 6.45) is 1.58. The first-order valence-corrected chi connectivity index (χ1v) is 13.6. The first-order chi connectivity index (χ1) is 18.2. The lowest BCUT2D eigenvalue weighted by molar-refractivity contribution is -0.123. The van der Waals surface area contributed by atoms with Crippen LogP contribution in [0.1, 0.15) is 28.4 Å². The Hall–Kier alpha value is -2.98. The van der Waals surface area contributed by atoms with Gasteiger partial charge in [0.05, 0.1) is 35.2 Å². The van der Waals surface area contributed by atoms with Crippen molar-refractivity contribution in [3.63, 3.8) is 0 Å². The second-order valence-corrected chi connectivity index (χ2v) is 10.6. The third-order valence-electron chi connectivity index (χ3n) is 5.37.